The third-order valence-corrected chi connectivity index (χ3v) is 6.19. The summed E-state index contributed by atoms with van der Waals surface area (Å²) in [4.78, 5) is 13.0. The Balaban J connectivity index is 1.51. The summed E-state index contributed by atoms with van der Waals surface area (Å²) in [6, 6.07) is 13.1. The van der Waals surface area contributed by atoms with Gasteiger partial charge in [-0.05, 0) is 42.7 Å². The Kier molecular flexibility index (Phi) is 11.0. The Morgan fingerprint density at radius 1 is 0.676 bits per heavy atom. The maximum Gasteiger partial charge on any atom is 0.200 e. The van der Waals surface area contributed by atoms with Crippen molar-refractivity contribution < 1.29 is 13.9 Å². The van der Waals surface area contributed by atoms with Crippen LogP contribution in [0, 0.1) is 0 Å². The lowest BCUT2D eigenvalue weighted by Crippen LogP contribution is -2.05. The molecule has 34 heavy (non-hydrogen) atoms. The van der Waals surface area contributed by atoms with Gasteiger partial charge in [0.2, 0.25) is 0 Å². The first-order chi connectivity index (χ1) is 16.7. The van der Waals surface area contributed by atoms with Gasteiger partial charge in [-0.3, -0.25) is 4.79 Å². The molecule has 0 amide bonds. The molecule has 4 nitrogen and oxygen atoms in total. The van der Waals surface area contributed by atoms with Gasteiger partial charge in [0.1, 0.15) is 23.3 Å². The minimum Gasteiger partial charge on any atom is -0.494 e. The van der Waals surface area contributed by atoms with Crippen molar-refractivity contribution in [3.8, 4) is 22.6 Å². The molecule has 1 heterocycles. The average Bonchev–Trinajstić information content (AvgIpc) is 2.86. The van der Waals surface area contributed by atoms with E-state index in [0.29, 0.717) is 23.1 Å². The van der Waals surface area contributed by atoms with Crippen LogP contribution in [0.5, 0.6) is 11.5 Å². The number of benzene rings is 2. The molecule has 0 bridgehead atoms. The van der Waals surface area contributed by atoms with E-state index in [1.165, 1.54) is 44.9 Å². The van der Waals surface area contributed by atoms with E-state index in [-0.39, 0.29) is 5.43 Å². The quantitative estimate of drug-likeness (QED) is 0.199. The van der Waals surface area contributed by atoms with E-state index >= 15 is 0 Å². The van der Waals surface area contributed by atoms with E-state index in [2.05, 4.69) is 13.8 Å². The van der Waals surface area contributed by atoms with Gasteiger partial charge in [-0.2, -0.15) is 0 Å². The van der Waals surface area contributed by atoms with E-state index in [1.54, 1.807) is 18.4 Å². The Hall–Kier alpha value is -2.75. The molecule has 4 heteroatoms. The topological polar surface area (TPSA) is 48.7 Å². The molecule has 0 saturated heterocycles. The monoisotopic (exact) mass is 464 g/mol. The maximum atomic E-state index is 13.0. The van der Waals surface area contributed by atoms with Crippen LogP contribution < -0.4 is 14.9 Å². The number of ether oxygens (including phenoxy) is 2. The van der Waals surface area contributed by atoms with Crippen LogP contribution >= 0.6 is 0 Å². The molecule has 0 aliphatic rings. The number of unbranched alkanes of at least 4 members (excludes halogenated alkanes) is 9. The normalized spacial score (nSPS) is 11.1. The van der Waals surface area contributed by atoms with E-state index in [0.717, 1.165) is 49.4 Å². The molecule has 0 atom stereocenters. The van der Waals surface area contributed by atoms with Gasteiger partial charge in [0.25, 0.3) is 0 Å². The smallest absolute Gasteiger partial charge is 0.200 e. The fraction of sp³-hybridized carbons (Fsp3) is 0.500. The van der Waals surface area contributed by atoms with Crippen LogP contribution in [0.2, 0.25) is 0 Å². The van der Waals surface area contributed by atoms with Crippen molar-refractivity contribution in [2.45, 2.75) is 84.5 Å². The summed E-state index contributed by atoms with van der Waals surface area (Å²) >= 11 is 0. The zero-order chi connectivity index (χ0) is 24.0. The summed E-state index contributed by atoms with van der Waals surface area (Å²) < 4.78 is 17.5. The molecule has 184 valence electrons. The highest BCUT2D eigenvalue weighted by atomic mass is 16.5. The van der Waals surface area contributed by atoms with Crippen molar-refractivity contribution in [2.24, 2.45) is 0 Å². The van der Waals surface area contributed by atoms with Gasteiger partial charge in [0.15, 0.2) is 5.43 Å². The van der Waals surface area contributed by atoms with Crippen molar-refractivity contribution in [1.29, 1.82) is 0 Å². The first kappa shape index (κ1) is 25.9. The number of hydrogen-bond donors (Lipinski definition) is 0. The predicted octanol–water partition coefficient (Wildman–Crippen LogP) is 8.55. The van der Waals surface area contributed by atoms with Gasteiger partial charge in [0.05, 0.1) is 24.2 Å². The van der Waals surface area contributed by atoms with Crippen LogP contribution in [-0.4, -0.2) is 13.2 Å². The molecule has 0 fully saturated rings. The second-order valence-corrected chi connectivity index (χ2v) is 9.04. The van der Waals surface area contributed by atoms with Crippen LogP contribution in [-0.2, 0) is 0 Å². The van der Waals surface area contributed by atoms with Gasteiger partial charge < -0.3 is 13.9 Å². The zero-order valence-electron chi connectivity index (χ0n) is 20.9. The third-order valence-electron chi connectivity index (χ3n) is 6.19. The van der Waals surface area contributed by atoms with E-state index in [1.807, 2.05) is 30.3 Å². The largest absolute Gasteiger partial charge is 0.494 e. The number of fused-ring (bicyclic) bond motifs is 1. The number of hydrogen-bond acceptors (Lipinski definition) is 4. The Labute approximate surface area is 204 Å². The summed E-state index contributed by atoms with van der Waals surface area (Å²) in [7, 11) is 0. The second-order valence-electron chi connectivity index (χ2n) is 9.04. The summed E-state index contributed by atoms with van der Waals surface area (Å²) in [6.07, 6.45) is 15.2. The van der Waals surface area contributed by atoms with Crippen LogP contribution in [0.25, 0.3) is 22.1 Å². The molecule has 1 aromatic heterocycles. The highest BCUT2D eigenvalue weighted by Gasteiger charge is 2.10. The zero-order valence-corrected chi connectivity index (χ0v) is 20.9. The summed E-state index contributed by atoms with van der Waals surface area (Å²) in [5.74, 6) is 1.57. The maximum absolute atomic E-state index is 13.0. The Bertz CT molecular complexity index is 1040. The van der Waals surface area contributed by atoms with Crippen LogP contribution in [0.15, 0.2) is 57.9 Å². The van der Waals surface area contributed by atoms with Crippen molar-refractivity contribution in [2.75, 3.05) is 13.2 Å². The third kappa shape index (κ3) is 7.93. The summed E-state index contributed by atoms with van der Waals surface area (Å²) in [6.45, 7) is 5.83. The van der Waals surface area contributed by atoms with Gasteiger partial charge in [-0.15, -0.1) is 0 Å². The van der Waals surface area contributed by atoms with E-state index in [9.17, 15) is 4.79 Å². The van der Waals surface area contributed by atoms with Gasteiger partial charge in [-0.1, -0.05) is 83.8 Å². The Morgan fingerprint density at radius 2 is 1.24 bits per heavy atom. The first-order valence-electron chi connectivity index (χ1n) is 13.1. The standard InChI is InChI=1S/C30H40O4/c1-3-5-7-8-9-10-11-13-21-32-25-16-14-24(15-17-25)28-23-34-29-22-26(33-20-12-6-4-2)18-19-27(29)30(28)31/h14-19,22-23H,3-13,20-21H2,1-2H3. The molecule has 2 aromatic carbocycles. The second kappa shape index (κ2) is 14.5. The molecule has 3 rings (SSSR count). The molecule has 0 N–H and O–H groups in total. The summed E-state index contributed by atoms with van der Waals surface area (Å²) in [5, 5.41) is 0.563. The molecule has 3 aromatic rings. The molecule has 0 radical (unpaired) electrons. The van der Waals surface area contributed by atoms with Crippen molar-refractivity contribution in [3.63, 3.8) is 0 Å². The molecular formula is C30H40O4. The average molecular weight is 465 g/mol. The van der Waals surface area contributed by atoms with Gasteiger partial charge >= 0.3 is 0 Å². The fourth-order valence-corrected chi connectivity index (χ4v) is 4.10. The van der Waals surface area contributed by atoms with Crippen molar-refractivity contribution >= 4 is 11.0 Å². The lowest BCUT2D eigenvalue weighted by molar-refractivity contribution is 0.304. The predicted molar refractivity (Wildman–Crippen MR) is 141 cm³/mol. The van der Waals surface area contributed by atoms with Crippen molar-refractivity contribution in [3.05, 3.63) is 59.0 Å². The van der Waals surface area contributed by atoms with Crippen LogP contribution in [0.3, 0.4) is 0 Å². The minimum atomic E-state index is -0.0358. The van der Waals surface area contributed by atoms with E-state index in [4.69, 9.17) is 13.9 Å². The highest BCUT2D eigenvalue weighted by molar-refractivity contribution is 5.82. The minimum absolute atomic E-state index is 0.0358. The first-order valence-corrected chi connectivity index (χ1v) is 13.1. The van der Waals surface area contributed by atoms with Crippen molar-refractivity contribution in [1.82, 2.24) is 0 Å². The van der Waals surface area contributed by atoms with Crippen LogP contribution in [0.4, 0.5) is 0 Å². The SMILES string of the molecule is CCCCCCCCCCOc1ccc(-c2coc3cc(OCCCCC)ccc3c2=O)cc1. The van der Waals surface area contributed by atoms with Gasteiger partial charge in [0, 0.05) is 6.07 Å². The Morgan fingerprint density at radius 3 is 1.94 bits per heavy atom. The molecule has 0 spiro atoms. The van der Waals surface area contributed by atoms with Crippen LogP contribution in [0.1, 0.15) is 84.5 Å². The van der Waals surface area contributed by atoms with Gasteiger partial charge in [-0.25, -0.2) is 0 Å². The lowest BCUT2D eigenvalue weighted by Gasteiger charge is -2.09. The molecule has 0 aliphatic heterocycles. The fourth-order valence-electron chi connectivity index (χ4n) is 4.10. The number of rotatable bonds is 16. The molecule has 0 aliphatic carbocycles. The van der Waals surface area contributed by atoms with E-state index < -0.39 is 0 Å². The molecule has 0 saturated carbocycles. The molecular weight excluding hydrogens is 424 g/mol. The highest BCUT2D eigenvalue weighted by Crippen LogP contribution is 2.25. The molecule has 0 unspecified atom stereocenters. The lowest BCUT2D eigenvalue weighted by atomic mass is 10.1. The summed E-state index contributed by atoms with van der Waals surface area (Å²) in [5.41, 5.74) is 1.90.